The molecule has 0 aliphatic heterocycles. The van der Waals surface area contributed by atoms with Gasteiger partial charge in [0.05, 0.1) is 0 Å². The van der Waals surface area contributed by atoms with Crippen LogP contribution in [0.25, 0.3) is 22.2 Å². The highest BCUT2D eigenvalue weighted by Crippen LogP contribution is 2.28. The zero-order chi connectivity index (χ0) is 13.9. The summed E-state index contributed by atoms with van der Waals surface area (Å²) in [6, 6.07) is 10.7. The van der Waals surface area contributed by atoms with Crippen molar-refractivity contribution < 1.29 is 8.91 Å². The van der Waals surface area contributed by atoms with Crippen LogP contribution in [0.2, 0.25) is 0 Å². The maximum atomic E-state index is 13.8. The Balaban J connectivity index is 2.06. The third kappa shape index (κ3) is 2.22. The summed E-state index contributed by atoms with van der Waals surface area (Å²) in [5.74, 6) is 0.206. The van der Waals surface area contributed by atoms with Crippen LogP contribution in [0.5, 0.6) is 0 Å². The molecular weight excluding hydrogens is 257 g/mol. The molecule has 0 radical (unpaired) electrons. The Morgan fingerprint density at radius 2 is 1.95 bits per heavy atom. The van der Waals surface area contributed by atoms with E-state index in [-0.39, 0.29) is 5.82 Å². The maximum Gasteiger partial charge on any atom is 0.321 e. The molecule has 4 nitrogen and oxygen atoms in total. The van der Waals surface area contributed by atoms with Crippen molar-refractivity contribution in [3.63, 3.8) is 0 Å². The second-order valence-electron chi connectivity index (χ2n) is 4.49. The van der Waals surface area contributed by atoms with Crippen LogP contribution >= 0.6 is 0 Å². The van der Waals surface area contributed by atoms with Gasteiger partial charge in [0.15, 0.2) is 0 Å². The van der Waals surface area contributed by atoms with Crippen LogP contribution in [0.15, 0.2) is 40.9 Å². The van der Waals surface area contributed by atoms with Crippen molar-refractivity contribution in [1.29, 1.82) is 0 Å². The fourth-order valence-corrected chi connectivity index (χ4v) is 2.09. The Kier molecular flexibility index (Phi) is 3.33. The highest BCUT2D eigenvalue weighted by Gasteiger charge is 2.12. The molecule has 0 aliphatic rings. The van der Waals surface area contributed by atoms with E-state index in [2.05, 4.69) is 22.4 Å². The highest BCUT2D eigenvalue weighted by atomic mass is 19.1. The van der Waals surface area contributed by atoms with E-state index in [1.165, 1.54) is 6.07 Å². The second kappa shape index (κ2) is 5.28. The second-order valence-corrected chi connectivity index (χ2v) is 4.49. The van der Waals surface area contributed by atoms with Gasteiger partial charge in [0.25, 0.3) is 0 Å². The molecule has 2 aromatic carbocycles. The number of halogens is 1. The van der Waals surface area contributed by atoms with Crippen molar-refractivity contribution in [1.82, 2.24) is 10.1 Å². The van der Waals surface area contributed by atoms with Gasteiger partial charge in [0.1, 0.15) is 5.82 Å². The Bertz CT molecular complexity index is 739. The predicted octanol–water partition coefficient (Wildman–Crippen LogP) is 3.85. The van der Waals surface area contributed by atoms with Crippen LogP contribution in [0.1, 0.15) is 13.3 Å². The molecule has 0 fully saturated rings. The molecule has 0 bridgehead atoms. The first-order valence-corrected chi connectivity index (χ1v) is 6.55. The lowest BCUT2D eigenvalue weighted by Gasteiger charge is -2.03. The molecule has 0 spiro atoms. The maximum absolute atomic E-state index is 13.8. The first-order valence-electron chi connectivity index (χ1n) is 6.55. The molecule has 0 aliphatic carbocycles. The first-order chi connectivity index (χ1) is 9.79. The third-order valence-electron chi connectivity index (χ3n) is 3.06. The fourth-order valence-electron chi connectivity index (χ4n) is 2.09. The Hall–Kier alpha value is -2.43. The molecule has 1 heterocycles. The third-order valence-corrected chi connectivity index (χ3v) is 3.06. The summed E-state index contributed by atoms with van der Waals surface area (Å²) in [6.07, 6.45) is 0.969. The first kappa shape index (κ1) is 12.6. The Morgan fingerprint density at radius 3 is 2.75 bits per heavy atom. The molecule has 3 rings (SSSR count). The molecule has 0 saturated heterocycles. The van der Waals surface area contributed by atoms with Crippen molar-refractivity contribution >= 4 is 16.8 Å². The van der Waals surface area contributed by atoms with E-state index >= 15 is 0 Å². The number of nitrogens with one attached hydrogen (secondary N) is 1. The normalized spacial score (nSPS) is 10.9. The van der Waals surface area contributed by atoms with Gasteiger partial charge in [-0.05, 0) is 23.9 Å². The van der Waals surface area contributed by atoms with Crippen LogP contribution in [0.4, 0.5) is 10.4 Å². The number of hydrogen-bond donors (Lipinski definition) is 1. The monoisotopic (exact) mass is 271 g/mol. The van der Waals surface area contributed by atoms with Crippen LogP contribution in [0, 0.1) is 5.82 Å². The van der Waals surface area contributed by atoms with Crippen LogP contribution < -0.4 is 5.32 Å². The topological polar surface area (TPSA) is 51.0 Å². The number of benzene rings is 2. The molecule has 5 heteroatoms. The van der Waals surface area contributed by atoms with Crippen molar-refractivity contribution in [2.45, 2.75) is 13.3 Å². The largest absolute Gasteiger partial charge is 0.338 e. The molecule has 0 unspecified atom stereocenters. The minimum atomic E-state index is -0.253. The SMILES string of the molecule is CCCNc1nc(-c2ccc(F)c3ccccc23)no1. The van der Waals surface area contributed by atoms with Gasteiger partial charge in [0.2, 0.25) is 5.82 Å². The van der Waals surface area contributed by atoms with Crippen LogP contribution in [-0.2, 0) is 0 Å². The minimum absolute atomic E-state index is 0.253. The van der Waals surface area contributed by atoms with Crippen molar-refractivity contribution in [2.24, 2.45) is 0 Å². The van der Waals surface area contributed by atoms with Gasteiger partial charge in [-0.2, -0.15) is 4.98 Å². The lowest BCUT2D eigenvalue weighted by Crippen LogP contribution is -1.99. The summed E-state index contributed by atoms with van der Waals surface area (Å²) in [5, 5.41) is 8.30. The zero-order valence-electron chi connectivity index (χ0n) is 11.1. The van der Waals surface area contributed by atoms with Gasteiger partial charge >= 0.3 is 6.01 Å². The van der Waals surface area contributed by atoms with Crippen LogP contribution in [-0.4, -0.2) is 16.7 Å². The molecular formula is C15H14FN3O. The average molecular weight is 271 g/mol. The highest BCUT2D eigenvalue weighted by molar-refractivity contribution is 5.95. The van der Waals surface area contributed by atoms with E-state index in [9.17, 15) is 4.39 Å². The summed E-state index contributed by atoms with van der Waals surface area (Å²) in [5.41, 5.74) is 0.760. The zero-order valence-corrected chi connectivity index (χ0v) is 11.1. The molecule has 0 amide bonds. The van der Waals surface area contributed by atoms with Crippen molar-refractivity contribution in [3.05, 3.63) is 42.2 Å². The fraction of sp³-hybridized carbons (Fsp3) is 0.200. The molecule has 1 aromatic heterocycles. The summed E-state index contributed by atoms with van der Waals surface area (Å²) < 4.78 is 18.9. The van der Waals surface area contributed by atoms with E-state index in [0.29, 0.717) is 17.2 Å². The number of fused-ring (bicyclic) bond motifs is 1. The van der Waals surface area contributed by atoms with Crippen molar-refractivity contribution in [2.75, 3.05) is 11.9 Å². The predicted molar refractivity (Wildman–Crippen MR) is 76.0 cm³/mol. The molecule has 3 aromatic rings. The number of nitrogens with zero attached hydrogens (tertiary/aromatic N) is 2. The van der Waals surface area contributed by atoms with E-state index in [4.69, 9.17) is 4.52 Å². The lowest BCUT2D eigenvalue weighted by molar-refractivity contribution is 0.432. The van der Waals surface area contributed by atoms with E-state index in [1.807, 2.05) is 12.1 Å². The van der Waals surface area contributed by atoms with Crippen LogP contribution in [0.3, 0.4) is 0 Å². The molecule has 0 atom stereocenters. The van der Waals surface area contributed by atoms with Gasteiger partial charge in [-0.3, -0.25) is 0 Å². The number of aromatic nitrogens is 2. The average Bonchev–Trinajstić information content (AvgIpc) is 2.94. The Labute approximate surface area is 115 Å². The van der Waals surface area contributed by atoms with E-state index < -0.39 is 0 Å². The molecule has 102 valence electrons. The van der Waals surface area contributed by atoms with Gasteiger partial charge < -0.3 is 9.84 Å². The minimum Gasteiger partial charge on any atom is -0.338 e. The van der Waals surface area contributed by atoms with E-state index in [1.54, 1.807) is 18.2 Å². The number of hydrogen-bond acceptors (Lipinski definition) is 4. The lowest BCUT2D eigenvalue weighted by atomic mass is 10.0. The molecule has 0 saturated carbocycles. The summed E-state index contributed by atoms with van der Waals surface area (Å²) in [7, 11) is 0. The summed E-state index contributed by atoms with van der Waals surface area (Å²) in [4.78, 5) is 4.29. The number of rotatable bonds is 4. The van der Waals surface area contributed by atoms with Gasteiger partial charge in [-0.1, -0.05) is 36.3 Å². The standard InChI is InChI=1S/C15H14FN3O/c1-2-9-17-15-18-14(19-20-15)12-7-8-13(16)11-6-4-3-5-10(11)12/h3-8H,2,9H2,1H3,(H,17,18,19). The summed E-state index contributed by atoms with van der Waals surface area (Å²) in [6.45, 7) is 2.82. The van der Waals surface area contributed by atoms with Gasteiger partial charge in [0, 0.05) is 17.5 Å². The Morgan fingerprint density at radius 1 is 1.15 bits per heavy atom. The number of anilines is 1. The summed E-state index contributed by atoms with van der Waals surface area (Å²) >= 11 is 0. The smallest absolute Gasteiger partial charge is 0.321 e. The quantitative estimate of drug-likeness (QED) is 0.783. The van der Waals surface area contributed by atoms with E-state index in [0.717, 1.165) is 23.9 Å². The van der Waals surface area contributed by atoms with Crippen molar-refractivity contribution in [3.8, 4) is 11.4 Å². The molecule has 1 N–H and O–H groups in total. The van der Waals surface area contributed by atoms with Gasteiger partial charge in [-0.15, -0.1) is 0 Å². The molecule has 20 heavy (non-hydrogen) atoms. The van der Waals surface area contributed by atoms with Gasteiger partial charge in [-0.25, -0.2) is 4.39 Å².